The predicted molar refractivity (Wildman–Crippen MR) is 70.7 cm³/mol. The van der Waals surface area contributed by atoms with E-state index >= 15 is 0 Å². The third-order valence-corrected chi connectivity index (χ3v) is 3.57. The third kappa shape index (κ3) is 5.32. The zero-order valence-corrected chi connectivity index (χ0v) is 11.8. The molecule has 2 nitrogen and oxygen atoms in total. The minimum absolute atomic E-state index is 0.873. The highest BCUT2D eigenvalue weighted by atomic mass is 79.9. The molecule has 1 aliphatic heterocycles. The quantitative estimate of drug-likeness (QED) is 0.688. The van der Waals surface area contributed by atoms with Gasteiger partial charge in [-0.05, 0) is 12.3 Å². The van der Waals surface area contributed by atoms with Gasteiger partial charge in [-0.25, -0.2) is 0 Å². The molecule has 90 valence electrons. The molecule has 0 bridgehead atoms. The van der Waals surface area contributed by atoms with E-state index in [9.17, 15) is 0 Å². The highest BCUT2D eigenvalue weighted by molar-refractivity contribution is 9.09. The van der Waals surface area contributed by atoms with Gasteiger partial charge in [0.25, 0.3) is 0 Å². The summed E-state index contributed by atoms with van der Waals surface area (Å²) in [7, 11) is 0. The van der Waals surface area contributed by atoms with E-state index in [1.54, 1.807) is 0 Å². The van der Waals surface area contributed by atoms with Gasteiger partial charge in [-0.2, -0.15) is 0 Å². The first-order valence-electron chi connectivity index (χ1n) is 6.27. The van der Waals surface area contributed by atoms with Gasteiger partial charge in [0.2, 0.25) is 0 Å². The van der Waals surface area contributed by atoms with Crippen LogP contribution < -0.4 is 0 Å². The SMILES string of the molecule is CCCC(C)CN1CCN(CCBr)CC1. The van der Waals surface area contributed by atoms with Crippen molar-refractivity contribution < 1.29 is 0 Å². The van der Waals surface area contributed by atoms with Gasteiger partial charge < -0.3 is 4.90 Å². The predicted octanol–water partition coefficient (Wildman–Crippen LogP) is 2.44. The Bertz CT molecular complexity index is 156. The summed E-state index contributed by atoms with van der Waals surface area (Å²) in [4.78, 5) is 5.18. The van der Waals surface area contributed by atoms with E-state index in [1.165, 1.54) is 52.1 Å². The Hall–Kier alpha value is 0.400. The van der Waals surface area contributed by atoms with Crippen molar-refractivity contribution >= 4 is 15.9 Å². The molecule has 15 heavy (non-hydrogen) atoms. The molecule has 1 fully saturated rings. The Kier molecular flexibility index (Phi) is 6.86. The molecule has 1 atom stereocenters. The number of nitrogens with zero attached hydrogens (tertiary/aromatic N) is 2. The third-order valence-electron chi connectivity index (χ3n) is 3.22. The number of rotatable bonds is 6. The normalized spacial score (nSPS) is 21.8. The molecule has 0 amide bonds. The molecule has 1 aliphatic rings. The van der Waals surface area contributed by atoms with Crippen molar-refractivity contribution in [3.63, 3.8) is 0 Å². The molecule has 0 radical (unpaired) electrons. The molecular weight excluding hydrogens is 252 g/mol. The Morgan fingerprint density at radius 1 is 1.13 bits per heavy atom. The molecule has 1 heterocycles. The van der Waals surface area contributed by atoms with E-state index in [0.717, 1.165) is 11.2 Å². The molecule has 0 aromatic heterocycles. The highest BCUT2D eigenvalue weighted by Crippen LogP contribution is 2.10. The van der Waals surface area contributed by atoms with Gasteiger partial charge in [0.1, 0.15) is 0 Å². The van der Waals surface area contributed by atoms with E-state index in [-0.39, 0.29) is 0 Å². The van der Waals surface area contributed by atoms with Gasteiger partial charge in [0.05, 0.1) is 0 Å². The average molecular weight is 277 g/mol. The van der Waals surface area contributed by atoms with Crippen LogP contribution in [-0.4, -0.2) is 54.4 Å². The van der Waals surface area contributed by atoms with Crippen LogP contribution in [0.1, 0.15) is 26.7 Å². The van der Waals surface area contributed by atoms with Crippen LogP contribution >= 0.6 is 15.9 Å². The largest absolute Gasteiger partial charge is 0.301 e. The van der Waals surface area contributed by atoms with Gasteiger partial charge in [0, 0.05) is 44.6 Å². The zero-order valence-electron chi connectivity index (χ0n) is 10.2. The van der Waals surface area contributed by atoms with Crippen molar-refractivity contribution in [2.24, 2.45) is 5.92 Å². The Balaban J connectivity index is 2.14. The Morgan fingerprint density at radius 3 is 2.27 bits per heavy atom. The summed E-state index contributed by atoms with van der Waals surface area (Å²) in [5, 5.41) is 1.11. The molecule has 1 saturated heterocycles. The second-order valence-electron chi connectivity index (χ2n) is 4.73. The minimum Gasteiger partial charge on any atom is -0.301 e. The van der Waals surface area contributed by atoms with Crippen LogP contribution in [0.4, 0.5) is 0 Å². The minimum atomic E-state index is 0.873. The molecule has 0 saturated carbocycles. The fourth-order valence-electron chi connectivity index (χ4n) is 2.34. The Morgan fingerprint density at radius 2 is 1.73 bits per heavy atom. The first-order chi connectivity index (χ1) is 7.26. The Labute approximate surface area is 103 Å². The topological polar surface area (TPSA) is 6.48 Å². The van der Waals surface area contributed by atoms with Crippen molar-refractivity contribution in [2.45, 2.75) is 26.7 Å². The molecule has 1 unspecified atom stereocenters. The van der Waals surface area contributed by atoms with Crippen molar-refractivity contribution in [1.82, 2.24) is 9.80 Å². The van der Waals surface area contributed by atoms with E-state index in [4.69, 9.17) is 0 Å². The second-order valence-corrected chi connectivity index (χ2v) is 5.52. The number of hydrogen-bond acceptors (Lipinski definition) is 2. The summed E-state index contributed by atoms with van der Waals surface area (Å²) >= 11 is 3.51. The fraction of sp³-hybridized carbons (Fsp3) is 1.00. The first-order valence-corrected chi connectivity index (χ1v) is 7.39. The molecular formula is C12H25BrN2. The smallest absolute Gasteiger partial charge is 0.0159 e. The average Bonchev–Trinajstić information content (AvgIpc) is 2.22. The maximum absolute atomic E-state index is 3.51. The van der Waals surface area contributed by atoms with Crippen molar-refractivity contribution in [3.05, 3.63) is 0 Å². The number of piperazine rings is 1. The van der Waals surface area contributed by atoms with E-state index < -0.39 is 0 Å². The lowest BCUT2D eigenvalue weighted by atomic mass is 10.1. The number of hydrogen-bond donors (Lipinski definition) is 0. The van der Waals surface area contributed by atoms with Gasteiger partial charge in [0.15, 0.2) is 0 Å². The molecule has 0 N–H and O–H groups in total. The fourth-order valence-corrected chi connectivity index (χ4v) is 2.84. The van der Waals surface area contributed by atoms with Crippen LogP contribution in [0.5, 0.6) is 0 Å². The maximum Gasteiger partial charge on any atom is 0.0159 e. The van der Waals surface area contributed by atoms with Crippen LogP contribution in [-0.2, 0) is 0 Å². The van der Waals surface area contributed by atoms with E-state index in [0.29, 0.717) is 0 Å². The summed E-state index contributed by atoms with van der Waals surface area (Å²) in [5.74, 6) is 0.873. The first kappa shape index (κ1) is 13.5. The molecule has 0 spiro atoms. The number of halogens is 1. The lowest BCUT2D eigenvalue weighted by Gasteiger charge is -2.35. The van der Waals surface area contributed by atoms with Crippen LogP contribution in [0.2, 0.25) is 0 Å². The lowest BCUT2D eigenvalue weighted by molar-refractivity contribution is 0.123. The van der Waals surface area contributed by atoms with Crippen LogP contribution in [0, 0.1) is 5.92 Å². The molecule has 0 aromatic rings. The second kappa shape index (κ2) is 7.64. The van der Waals surface area contributed by atoms with Gasteiger partial charge >= 0.3 is 0 Å². The maximum atomic E-state index is 3.51. The van der Waals surface area contributed by atoms with Crippen LogP contribution in [0.3, 0.4) is 0 Å². The standard InChI is InChI=1S/C12H25BrN2/c1-3-4-12(2)11-15-9-7-14(6-5-13)8-10-15/h12H,3-11H2,1-2H3. The zero-order chi connectivity index (χ0) is 11.1. The molecule has 0 aliphatic carbocycles. The molecule has 0 aromatic carbocycles. The van der Waals surface area contributed by atoms with Crippen molar-refractivity contribution in [1.29, 1.82) is 0 Å². The van der Waals surface area contributed by atoms with Crippen molar-refractivity contribution in [2.75, 3.05) is 44.6 Å². The lowest BCUT2D eigenvalue weighted by Crippen LogP contribution is -2.47. The van der Waals surface area contributed by atoms with Gasteiger partial charge in [-0.3, -0.25) is 4.90 Å². The molecule has 1 rings (SSSR count). The van der Waals surface area contributed by atoms with Crippen LogP contribution in [0.15, 0.2) is 0 Å². The van der Waals surface area contributed by atoms with Crippen LogP contribution in [0.25, 0.3) is 0 Å². The molecule has 3 heteroatoms. The summed E-state index contributed by atoms with van der Waals surface area (Å²) in [5.41, 5.74) is 0. The monoisotopic (exact) mass is 276 g/mol. The van der Waals surface area contributed by atoms with Gasteiger partial charge in [-0.1, -0.05) is 36.2 Å². The summed E-state index contributed by atoms with van der Waals surface area (Å²) in [6.07, 6.45) is 2.70. The van der Waals surface area contributed by atoms with E-state index in [2.05, 4.69) is 39.6 Å². The highest BCUT2D eigenvalue weighted by Gasteiger charge is 2.17. The van der Waals surface area contributed by atoms with Crippen molar-refractivity contribution in [3.8, 4) is 0 Å². The van der Waals surface area contributed by atoms with Gasteiger partial charge in [-0.15, -0.1) is 0 Å². The summed E-state index contributed by atoms with van der Waals surface area (Å²) in [6.45, 7) is 12.2. The van der Waals surface area contributed by atoms with E-state index in [1.807, 2.05) is 0 Å². The summed E-state index contributed by atoms with van der Waals surface area (Å²) in [6, 6.07) is 0. The number of alkyl halides is 1. The summed E-state index contributed by atoms with van der Waals surface area (Å²) < 4.78 is 0.